The van der Waals surface area contributed by atoms with E-state index in [1.54, 1.807) is 0 Å². The molecule has 0 aromatic rings. The minimum absolute atomic E-state index is 0.649. The monoisotopic (exact) mass is 238 g/mol. The number of amidine groups is 1. The van der Waals surface area contributed by atoms with Crippen molar-refractivity contribution in [3.8, 4) is 0 Å². The van der Waals surface area contributed by atoms with Crippen molar-refractivity contribution in [3.05, 3.63) is 0 Å². The first-order valence-electron chi connectivity index (χ1n) is 6.84. The second kappa shape index (κ2) is 4.59. The van der Waals surface area contributed by atoms with Crippen molar-refractivity contribution >= 4 is 16.9 Å². The molecule has 90 valence electrons. The Morgan fingerprint density at radius 3 is 3.06 bits per heavy atom. The lowest BCUT2D eigenvalue weighted by Crippen LogP contribution is -2.35. The number of fused-ring (bicyclic) bond motifs is 1. The summed E-state index contributed by atoms with van der Waals surface area (Å²) < 4.78 is 0. The average molecular weight is 238 g/mol. The van der Waals surface area contributed by atoms with E-state index in [1.807, 2.05) is 11.8 Å². The molecule has 4 atom stereocenters. The van der Waals surface area contributed by atoms with Gasteiger partial charge in [0.05, 0.1) is 6.04 Å². The van der Waals surface area contributed by atoms with Gasteiger partial charge < -0.3 is 5.32 Å². The fourth-order valence-corrected chi connectivity index (χ4v) is 4.24. The third kappa shape index (κ3) is 2.24. The van der Waals surface area contributed by atoms with Crippen LogP contribution in [0.15, 0.2) is 4.99 Å². The van der Waals surface area contributed by atoms with Crippen LogP contribution in [0.1, 0.15) is 45.4 Å². The molecular weight excluding hydrogens is 216 g/mol. The quantitative estimate of drug-likeness (QED) is 0.799. The van der Waals surface area contributed by atoms with E-state index in [1.165, 1.54) is 49.4 Å². The number of hydrogen-bond donors (Lipinski definition) is 1. The van der Waals surface area contributed by atoms with E-state index < -0.39 is 0 Å². The van der Waals surface area contributed by atoms with Gasteiger partial charge in [-0.15, -0.1) is 0 Å². The highest BCUT2D eigenvalue weighted by atomic mass is 32.2. The summed E-state index contributed by atoms with van der Waals surface area (Å²) in [6.07, 6.45) is 8.25. The maximum Gasteiger partial charge on any atom is 0.157 e. The SMILES string of the molecule is CCC1CC1NC1=NC2CCCCC2CS1. The zero-order valence-electron chi connectivity index (χ0n) is 10.1. The minimum atomic E-state index is 0.649. The third-order valence-electron chi connectivity index (χ3n) is 4.34. The fourth-order valence-electron chi connectivity index (χ4n) is 3.04. The van der Waals surface area contributed by atoms with Crippen LogP contribution in [-0.2, 0) is 0 Å². The fraction of sp³-hybridized carbons (Fsp3) is 0.923. The molecule has 2 aliphatic carbocycles. The van der Waals surface area contributed by atoms with Crippen molar-refractivity contribution in [1.82, 2.24) is 5.32 Å². The molecule has 2 saturated carbocycles. The van der Waals surface area contributed by atoms with E-state index in [4.69, 9.17) is 4.99 Å². The van der Waals surface area contributed by atoms with Crippen LogP contribution in [0.25, 0.3) is 0 Å². The Labute approximate surface area is 103 Å². The Morgan fingerprint density at radius 2 is 2.25 bits per heavy atom. The van der Waals surface area contributed by atoms with Gasteiger partial charge in [0.1, 0.15) is 0 Å². The Balaban J connectivity index is 1.57. The van der Waals surface area contributed by atoms with Crippen LogP contribution < -0.4 is 5.32 Å². The molecule has 0 spiro atoms. The third-order valence-corrected chi connectivity index (χ3v) is 5.43. The number of rotatable bonds is 2. The predicted octanol–water partition coefficient (Wildman–Crippen LogP) is 3.04. The van der Waals surface area contributed by atoms with E-state index in [9.17, 15) is 0 Å². The summed E-state index contributed by atoms with van der Waals surface area (Å²) in [6.45, 7) is 2.29. The zero-order valence-corrected chi connectivity index (χ0v) is 10.9. The Bertz CT molecular complexity index is 290. The second-order valence-electron chi connectivity index (χ2n) is 5.51. The molecule has 3 aliphatic rings. The molecular formula is C13H22N2S. The maximum absolute atomic E-state index is 4.92. The summed E-state index contributed by atoms with van der Waals surface area (Å²) in [4.78, 5) is 4.92. The number of thioether (sulfide) groups is 1. The molecule has 0 aromatic heterocycles. The molecule has 4 unspecified atom stereocenters. The average Bonchev–Trinajstić information content (AvgIpc) is 3.07. The van der Waals surface area contributed by atoms with Gasteiger partial charge in [-0.05, 0) is 31.1 Å². The molecule has 16 heavy (non-hydrogen) atoms. The van der Waals surface area contributed by atoms with Crippen LogP contribution in [0.2, 0.25) is 0 Å². The number of nitrogens with zero attached hydrogens (tertiary/aromatic N) is 1. The summed E-state index contributed by atoms with van der Waals surface area (Å²) in [5.41, 5.74) is 0. The number of nitrogens with one attached hydrogen (secondary N) is 1. The van der Waals surface area contributed by atoms with E-state index in [0.717, 1.165) is 17.9 Å². The van der Waals surface area contributed by atoms with Gasteiger partial charge in [-0.1, -0.05) is 37.9 Å². The molecule has 0 amide bonds. The van der Waals surface area contributed by atoms with Crippen molar-refractivity contribution in [2.45, 2.75) is 57.5 Å². The molecule has 3 heteroatoms. The van der Waals surface area contributed by atoms with Crippen LogP contribution in [0.3, 0.4) is 0 Å². The number of hydrogen-bond acceptors (Lipinski definition) is 3. The minimum Gasteiger partial charge on any atom is -0.362 e. The smallest absolute Gasteiger partial charge is 0.157 e. The van der Waals surface area contributed by atoms with Gasteiger partial charge in [0, 0.05) is 11.8 Å². The molecule has 0 saturated heterocycles. The van der Waals surface area contributed by atoms with Crippen LogP contribution in [0.4, 0.5) is 0 Å². The zero-order chi connectivity index (χ0) is 11.0. The normalized spacial score (nSPS) is 42.2. The Morgan fingerprint density at radius 1 is 1.38 bits per heavy atom. The first kappa shape index (κ1) is 10.9. The molecule has 1 heterocycles. The molecule has 0 radical (unpaired) electrons. The molecule has 1 aliphatic heterocycles. The topological polar surface area (TPSA) is 24.4 Å². The van der Waals surface area contributed by atoms with Gasteiger partial charge in [0.25, 0.3) is 0 Å². The Kier molecular flexibility index (Phi) is 3.14. The predicted molar refractivity (Wildman–Crippen MR) is 71.0 cm³/mol. The van der Waals surface area contributed by atoms with E-state index in [0.29, 0.717) is 6.04 Å². The van der Waals surface area contributed by atoms with Crippen molar-refractivity contribution in [2.24, 2.45) is 16.8 Å². The summed E-state index contributed by atoms with van der Waals surface area (Å²) >= 11 is 1.97. The first-order valence-corrected chi connectivity index (χ1v) is 7.82. The molecule has 1 N–H and O–H groups in total. The van der Waals surface area contributed by atoms with Gasteiger partial charge in [0.15, 0.2) is 5.17 Å². The van der Waals surface area contributed by atoms with Crippen LogP contribution >= 0.6 is 11.8 Å². The second-order valence-corrected chi connectivity index (χ2v) is 6.52. The summed E-state index contributed by atoms with van der Waals surface area (Å²) in [6, 6.07) is 1.40. The lowest BCUT2D eigenvalue weighted by molar-refractivity contribution is 0.335. The summed E-state index contributed by atoms with van der Waals surface area (Å²) in [7, 11) is 0. The van der Waals surface area contributed by atoms with Crippen molar-refractivity contribution < 1.29 is 0 Å². The van der Waals surface area contributed by atoms with Gasteiger partial charge >= 0.3 is 0 Å². The van der Waals surface area contributed by atoms with Gasteiger partial charge in [-0.3, -0.25) is 4.99 Å². The lowest BCUT2D eigenvalue weighted by Gasteiger charge is -2.32. The van der Waals surface area contributed by atoms with Crippen molar-refractivity contribution in [2.75, 3.05) is 5.75 Å². The lowest BCUT2D eigenvalue weighted by atomic mass is 9.86. The van der Waals surface area contributed by atoms with Gasteiger partial charge in [-0.2, -0.15) is 0 Å². The molecule has 2 nitrogen and oxygen atoms in total. The van der Waals surface area contributed by atoms with E-state index in [2.05, 4.69) is 12.2 Å². The number of aliphatic imine (C=N–C) groups is 1. The first-order chi connectivity index (χ1) is 7.86. The van der Waals surface area contributed by atoms with Crippen LogP contribution in [0.5, 0.6) is 0 Å². The highest BCUT2D eigenvalue weighted by Gasteiger charge is 2.37. The largest absolute Gasteiger partial charge is 0.362 e. The highest BCUT2D eigenvalue weighted by molar-refractivity contribution is 8.13. The highest BCUT2D eigenvalue weighted by Crippen LogP contribution is 2.37. The standard InChI is InChI=1S/C13H22N2S/c1-2-9-7-12(9)15-13-14-11-6-4-3-5-10(11)8-16-13/h9-12H,2-8H2,1H3,(H,14,15). The molecule has 3 rings (SSSR count). The van der Waals surface area contributed by atoms with Crippen LogP contribution in [0, 0.1) is 11.8 Å². The van der Waals surface area contributed by atoms with Crippen molar-refractivity contribution in [1.29, 1.82) is 0 Å². The molecule has 0 bridgehead atoms. The van der Waals surface area contributed by atoms with E-state index >= 15 is 0 Å². The van der Waals surface area contributed by atoms with E-state index in [-0.39, 0.29) is 0 Å². The summed E-state index contributed by atoms with van der Waals surface area (Å²) in [5, 5.41) is 4.89. The van der Waals surface area contributed by atoms with Crippen LogP contribution in [-0.4, -0.2) is 23.0 Å². The van der Waals surface area contributed by atoms with Gasteiger partial charge in [0.2, 0.25) is 0 Å². The maximum atomic E-state index is 4.92. The molecule has 0 aromatic carbocycles. The van der Waals surface area contributed by atoms with Gasteiger partial charge in [-0.25, -0.2) is 0 Å². The molecule has 2 fully saturated rings. The Hall–Kier alpha value is -0.180. The summed E-state index contributed by atoms with van der Waals surface area (Å²) in [5.74, 6) is 3.11. The van der Waals surface area contributed by atoms with Crippen molar-refractivity contribution in [3.63, 3.8) is 0 Å².